The first-order valence-electron chi connectivity index (χ1n) is 12.1. The SMILES string of the molecule is CCCCCCCCCCCCC#CC1(CCCCC(=O)[O-])OC1CCCC(=O)[O-].[K+].[K+]. The molecule has 0 aromatic carbocycles. The number of carbonyl (C=O) groups excluding carboxylic acids is 2. The van der Waals surface area contributed by atoms with Gasteiger partial charge in [0.1, 0.15) is 0 Å². The Morgan fingerprint density at radius 2 is 1.31 bits per heavy atom. The van der Waals surface area contributed by atoms with E-state index in [1.54, 1.807) is 0 Å². The van der Waals surface area contributed by atoms with Gasteiger partial charge in [-0.25, -0.2) is 0 Å². The van der Waals surface area contributed by atoms with E-state index in [2.05, 4.69) is 18.8 Å². The van der Waals surface area contributed by atoms with Gasteiger partial charge >= 0.3 is 103 Å². The summed E-state index contributed by atoms with van der Waals surface area (Å²) in [6.45, 7) is 2.24. The summed E-state index contributed by atoms with van der Waals surface area (Å²) in [6.07, 6.45) is 17.0. The van der Waals surface area contributed by atoms with Crippen molar-refractivity contribution < 1.29 is 127 Å². The van der Waals surface area contributed by atoms with E-state index >= 15 is 0 Å². The van der Waals surface area contributed by atoms with E-state index in [1.165, 1.54) is 57.8 Å². The number of hydrogen-bond acceptors (Lipinski definition) is 5. The maximum Gasteiger partial charge on any atom is 1.00 e. The van der Waals surface area contributed by atoms with Crippen molar-refractivity contribution in [2.45, 2.75) is 134 Å². The Morgan fingerprint density at radius 3 is 1.88 bits per heavy atom. The third-order valence-corrected chi connectivity index (χ3v) is 5.80. The molecule has 1 aliphatic heterocycles. The molecule has 0 bridgehead atoms. The van der Waals surface area contributed by atoms with E-state index in [1.807, 2.05) is 0 Å². The molecule has 0 amide bonds. The van der Waals surface area contributed by atoms with E-state index in [4.69, 9.17) is 4.74 Å². The van der Waals surface area contributed by atoms with Crippen LogP contribution in [0.2, 0.25) is 0 Å². The van der Waals surface area contributed by atoms with Gasteiger partial charge in [0, 0.05) is 18.4 Å². The van der Waals surface area contributed by atoms with Crippen LogP contribution in [-0.4, -0.2) is 23.6 Å². The van der Waals surface area contributed by atoms with Gasteiger partial charge in [0.2, 0.25) is 0 Å². The first-order chi connectivity index (χ1) is 14.5. The molecule has 0 radical (unpaired) electrons. The Morgan fingerprint density at radius 1 is 0.781 bits per heavy atom. The van der Waals surface area contributed by atoms with Gasteiger partial charge in [-0.05, 0) is 51.4 Å². The van der Waals surface area contributed by atoms with Crippen molar-refractivity contribution in [1.82, 2.24) is 0 Å². The zero-order chi connectivity index (χ0) is 22.1. The molecular formula is C25H40K2O5. The molecule has 172 valence electrons. The molecule has 1 fully saturated rings. The fourth-order valence-corrected chi connectivity index (χ4v) is 3.91. The number of carboxylic acids is 2. The second kappa shape index (κ2) is 23.2. The first kappa shape index (κ1) is 35.9. The summed E-state index contributed by atoms with van der Waals surface area (Å²) in [6, 6.07) is 0. The fourth-order valence-electron chi connectivity index (χ4n) is 3.91. The molecule has 0 saturated carbocycles. The number of carboxylic acid groups (broad SMARTS) is 2. The van der Waals surface area contributed by atoms with Crippen LogP contribution in [0.15, 0.2) is 0 Å². The van der Waals surface area contributed by atoms with Crippen LogP contribution in [0.4, 0.5) is 0 Å². The average molecular weight is 499 g/mol. The second-order valence-electron chi connectivity index (χ2n) is 8.57. The Balaban J connectivity index is 0. The van der Waals surface area contributed by atoms with Crippen molar-refractivity contribution in [2.24, 2.45) is 0 Å². The summed E-state index contributed by atoms with van der Waals surface area (Å²) in [5, 5.41) is 21.2. The Hall–Kier alpha value is 1.73. The van der Waals surface area contributed by atoms with E-state index < -0.39 is 17.5 Å². The van der Waals surface area contributed by atoms with E-state index in [0.29, 0.717) is 25.7 Å². The number of aliphatic carboxylic acids is 2. The van der Waals surface area contributed by atoms with Gasteiger partial charge in [0.25, 0.3) is 0 Å². The summed E-state index contributed by atoms with van der Waals surface area (Å²) >= 11 is 0. The number of unbranched alkanes of at least 4 members (excludes halogenated alkanes) is 11. The number of ether oxygens (including phenoxy) is 1. The van der Waals surface area contributed by atoms with Crippen LogP contribution in [0, 0.1) is 11.8 Å². The average Bonchev–Trinajstić information content (AvgIpc) is 3.38. The monoisotopic (exact) mass is 498 g/mol. The van der Waals surface area contributed by atoms with Crippen molar-refractivity contribution in [3.05, 3.63) is 0 Å². The van der Waals surface area contributed by atoms with Crippen molar-refractivity contribution in [3.63, 3.8) is 0 Å². The van der Waals surface area contributed by atoms with Crippen LogP contribution in [0.25, 0.3) is 0 Å². The van der Waals surface area contributed by atoms with E-state index in [0.717, 1.165) is 19.3 Å². The molecule has 1 aliphatic rings. The minimum atomic E-state index is -1.04. The normalized spacial score (nSPS) is 18.6. The molecule has 0 aromatic heterocycles. The molecule has 2 atom stereocenters. The molecular weight excluding hydrogens is 458 g/mol. The molecule has 1 rings (SSSR count). The Labute approximate surface area is 280 Å². The third kappa shape index (κ3) is 19.0. The molecule has 1 saturated heterocycles. The number of rotatable bonds is 19. The van der Waals surface area contributed by atoms with Crippen LogP contribution in [-0.2, 0) is 14.3 Å². The minimum absolute atomic E-state index is 0. The molecule has 0 N–H and O–H groups in total. The van der Waals surface area contributed by atoms with Gasteiger partial charge in [-0.2, -0.15) is 0 Å². The van der Waals surface area contributed by atoms with Crippen molar-refractivity contribution >= 4 is 11.9 Å². The van der Waals surface area contributed by atoms with Gasteiger partial charge < -0.3 is 24.5 Å². The van der Waals surface area contributed by atoms with Crippen molar-refractivity contribution in [2.75, 3.05) is 0 Å². The van der Waals surface area contributed by atoms with Gasteiger partial charge in [-0.15, -0.1) is 5.92 Å². The van der Waals surface area contributed by atoms with Gasteiger partial charge in [0.05, 0.1) is 6.10 Å². The Kier molecular flexibility index (Phi) is 26.0. The van der Waals surface area contributed by atoms with Gasteiger partial charge in [0.15, 0.2) is 5.60 Å². The summed E-state index contributed by atoms with van der Waals surface area (Å²) in [7, 11) is 0. The standard InChI is InChI=1S/C25H42O5.2K/c1-2-3-4-5-6-7-8-9-10-11-12-14-20-25(21-15-13-18-23(26)27)22(30-25)17-16-19-24(28)29;;/h22H,2-13,15-19,21H2,1H3,(H,26,27)(H,28,29);;/q;2*+1/p-2. The molecule has 0 aliphatic carbocycles. The van der Waals surface area contributed by atoms with Gasteiger partial charge in [-0.3, -0.25) is 0 Å². The third-order valence-electron chi connectivity index (χ3n) is 5.80. The van der Waals surface area contributed by atoms with Crippen LogP contribution < -0.4 is 113 Å². The van der Waals surface area contributed by atoms with Gasteiger partial charge in [-0.1, -0.05) is 70.6 Å². The summed E-state index contributed by atoms with van der Waals surface area (Å²) in [5.41, 5.74) is -0.504. The van der Waals surface area contributed by atoms with Crippen LogP contribution in [0.3, 0.4) is 0 Å². The minimum Gasteiger partial charge on any atom is -0.550 e. The number of carbonyl (C=O) groups is 2. The smallest absolute Gasteiger partial charge is 0.550 e. The Bertz CT molecular complexity index is 558. The zero-order valence-electron chi connectivity index (χ0n) is 20.8. The fraction of sp³-hybridized carbons (Fsp3) is 0.840. The molecule has 32 heavy (non-hydrogen) atoms. The molecule has 1 heterocycles. The van der Waals surface area contributed by atoms with Crippen LogP contribution in [0.5, 0.6) is 0 Å². The van der Waals surface area contributed by atoms with Crippen LogP contribution in [0.1, 0.15) is 122 Å². The quantitative estimate of drug-likeness (QED) is 0.0863. The van der Waals surface area contributed by atoms with E-state index in [-0.39, 0.29) is 122 Å². The molecule has 0 spiro atoms. The number of hydrogen-bond donors (Lipinski definition) is 0. The molecule has 5 nitrogen and oxygen atoms in total. The zero-order valence-corrected chi connectivity index (χ0v) is 27.1. The second-order valence-corrected chi connectivity index (χ2v) is 8.57. The predicted octanol–water partition coefficient (Wildman–Crippen LogP) is -2.32. The summed E-state index contributed by atoms with van der Waals surface area (Å²) < 4.78 is 5.84. The molecule has 2 unspecified atom stereocenters. The largest absolute Gasteiger partial charge is 1.00 e. The van der Waals surface area contributed by atoms with E-state index in [9.17, 15) is 19.8 Å². The van der Waals surface area contributed by atoms with Crippen molar-refractivity contribution in [1.29, 1.82) is 0 Å². The molecule has 0 aromatic rings. The summed E-state index contributed by atoms with van der Waals surface area (Å²) in [4.78, 5) is 21.2. The number of epoxide rings is 1. The van der Waals surface area contributed by atoms with Crippen LogP contribution >= 0.6 is 0 Å². The predicted molar refractivity (Wildman–Crippen MR) is 114 cm³/mol. The van der Waals surface area contributed by atoms with Crippen molar-refractivity contribution in [3.8, 4) is 11.8 Å². The maximum absolute atomic E-state index is 10.6. The summed E-state index contributed by atoms with van der Waals surface area (Å²) in [5.74, 6) is 4.47. The topological polar surface area (TPSA) is 92.8 Å². The molecule has 7 heteroatoms. The maximum atomic E-state index is 10.6. The first-order valence-corrected chi connectivity index (χ1v) is 12.1.